The highest BCUT2D eigenvalue weighted by Crippen LogP contribution is 2.33. The molecular formula is C24H23F3N8O2. The number of nitrogen functional groups attached to an aromatic ring is 1. The fraction of sp³-hybridized carbons (Fsp3) is 0.125. The van der Waals surface area contributed by atoms with E-state index < -0.39 is 23.6 Å². The Morgan fingerprint density at radius 1 is 1.22 bits per heavy atom. The van der Waals surface area contributed by atoms with E-state index in [1.165, 1.54) is 29.5 Å². The molecule has 2 heterocycles. The minimum atomic E-state index is -4.58. The number of carbonyl (C=O) groups excluding carboxylic acids is 2. The van der Waals surface area contributed by atoms with Crippen molar-refractivity contribution in [1.29, 1.82) is 0 Å². The van der Waals surface area contributed by atoms with Crippen molar-refractivity contribution in [1.82, 2.24) is 24.8 Å². The van der Waals surface area contributed by atoms with Gasteiger partial charge in [0.1, 0.15) is 23.5 Å². The summed E-state index contributed by atoms with van der Waals surface area (Å²) in [5.74, 6) is -0.287. The van der Waals surface area contributed by atoms with Gasteiger partial charge < -0.3 is 26.3 Å². The van der Waals surface area contributed by atoms with Crippen LogP contribution in [0.1, 0.15) is 22.8 Å². The second-order valence-electron chi connectivity index (χ2n) is 7.36. The number of nitrogens with two attached hydrogens (primary N) is 1. The number of imidazole rings is 1. The normalized spacial score (nSPS) is 11.8. The molecule has 192 valence electrons. The van der Waals surface area contributed by atoms with Gasteiger partial charge in [0.15, 0.2) is 5.78 Å². The van der Waals surface area contributed by atoms with Crippen molar-refractivity contribution >= 4 is 29.1 Å². The molecule has 3 rings (SSSR count). The molecule has 0 saturated heterocycles. The number of benzene rings is 1. The lowest BCUT2D eigenvalue weighted by molar-refractivity contribution is -0.137. The van der Waals surface area contributed by atoms with Crippen LogP contribution in [0.3, 0.4) is 0 Å². The number of amides is 2. The Morgan fingerprint density at radius 2 is 2.00 bits per heavy atom. The van der Waals surface area contributed by atoms with Crippen LogP contribution in [0.25, 0.3) is 5.69 Å². The van der Waals surface area contributed by atoms with Crippen molar-refractivity contribution in [2.45, 2.75) is 13.1 Å². The Morgan fingerprint density at radius 3 is 2.65 bits per heavy atom. The van der Waals surface area contributed by atoms with Crippen LogP contribution in [0.5, 0.6) is 0 Å². The van der Waals surface area contributed by atoms with Crippen LogP contribution < -0.4 is 21.7 Å². The first-order valence-electron chi connectivity index (χ1n) is 10.8. The zero-order chi connectivity index (χ0) is 27.0. The maximum absolute atomic E-state index is 13.2. The minimum absolute atomic E-state index is 0.00942. The van der Waals surface area contributed by atoms with Crippen LogP contribution in [0.15, 0.2) is 79.8 Å². The number of anilines is 3. The number of aromatic nitrogens is 4. The number of nitrogens with zero attached hydrogens (tertiary/aromatic N) is 4. The number of hydrogen-bond acceptors (Lipinski definition) is 7. The molecule has 1 aromatic carbocycles. The van der Waals surface area contributed by atoms with Gasteiger partial charge in [0, 0.05) is 24.6 Å². The van der Waals surface area contributed by atoms with Crippen molar-refractivity contribution in [2.75, 3.05) is 22.9 Å². The van der Waals surface area contributed by atoms with Crippen LogP contribution in [0, 0.1) is 0 Å². The van der Waals surface area contributed by atoms with Crippen LogP contribution in [0.4, 0.5) is 35.3 Å². The Bertz CT molecular complexity index is 1350. The minimum Gasteiger partial charge on any atom is -0.383 e. The molecule has 3 aromatic rings. The second-order valence-corrected chi connectivity index (χ2v) is 7.36. The molecule has 2 aromatic heterocycles. The third-order valence-corrected chi connectivity index (χ3v) is 4.91. The average Bonchev–Trinajstić information content (AvgIpc) is 3.39. The number of hydrogen-bond donors (Lipinski definition) is 4. The van der Waals surface area contributed by atoms with Crippen LogP contribution in [-0.2, 0) is 6.18 Å². The van der Waals surface area contributed by atoms with Gasteiger partial charge >= 0.3 is 12.2 Å². The predicted molar refractivity (Wildman–Crippen MR) is 133 cm³/mol. The van der Waals surface area contributed by atoms with E-state index in [1.54, 1.807) is 31.3 Å². The Hall–Kier alpha value is -4.94. The summed E-state index contributed by atoms with van der Waals surface area (Å²) in [7, 11) is 0. The van der Waals surface area contributed by atoms with Gasteiger partial charge in [-0.25, -0.2) is 19.7 Å². The SMILES string of the molecule is C=CC(=O)c1c(N)ncnc1NC(/C=C\CNC(=O)Nc1cc(C(F)(F)F)ccc1-n1ccnc1)=C/C. The number of urea groups is 1. The van der Waals surface area contributed by atoms with E-state index >= 15 is 0 Å². The van der Waals surface area contributed by atoms with Crippen LogP contribution in [-0.4, -0.2) is 37.9 Å². The quantitative estimate of drug-likeness (QED) is 0.190. The molecule has 0 aliphatic heterocycles. The van der Waals surface area contributed by atoms with E-state index in [-0.39, 0.29) is 29.4 Å². The van der Waals surface area contributed by atoms with Crippen LogP contribution in [0.2, 0.25) is 0 Å². The van der Waals surface area contributed by atoms with Gasteiger partial charge in [-0.1, -0.05) is 18.7 Å². The van der Waals surface area contributed by atoms with Gasteiger partial charge in [0.05, 0.1) is 23.3 Å². The summed E-state index contributed by atoms with van der Waals surface area (Å²) in [5, 5.41) is 7.94. The van der Waals surface area contributed by atoms with E-state index in [4.69, 9.17) is 5.73 Å². The van der Waals surface area contributed by atoms with Gasteiger partial charge in [-0.2, -0.15) is 13.2 Å². The second kappa shape index (κ2) is 11.7. The molecule has 2 amide bonds. The highest BCUT2D eigenvalue weighted by atomic mass is 19.4. The molecule has 0 saturated carbocycles. The predicted octanol–water partition coefficient (Wildman–Crippen LogP) is 4.33. The highest BCUT2D eigenvalue weighted by molar-refractivity contribution is 6.10. The Balaban J connectivity index is 1.67. The lowest BCUT2D eigenvalue weighted by Crippen LogP contribution is -2.29. The van der Waals surface area contributed by atoms with Crippen molar-refractivity contribution in [3.8, 4) is 5.69 Å². The first kappa shape index (κ1) is 26.7. The molecule has 0 aliphatic carbocycles. The fourth-order valence-electron chi connectivity index (χ4n) is 3.13. The van der Waals surface area contributed by atoms with Crippen LogP contribution >= 0.6 is 0 Å². The Kier molecular flexibility index (Phi) is 8.40. The van der Waals surface area contributed by atoms with Gasteiger partial charge in [0.2, 0.25) is 0 Å². The van der Waals surface area contributed by atoms with E-state index in [0.29, 0.717) is 11.4 Å². The highest BCUT2D eigenvalue weighted by Gasteiger charge is 2.31. The summed E-state index contributed by atoms with van der Waals surface area (Å²) in [6.45, 7) is 5.21. The van der Waals surface area contributed by atoms with Crippen molar-refractivity contribution in [2.24, 2.45) is 0 Å². The maximum atomic E-state index is 13.2. The molecule has 0 fully saturated rings. The molecule has 13 heteroatoms. The summed E-state index contributed by atoms with van der Waals surface area (Å²) in [4.78, 5) is 36.3. The Labute approximate surface area is 209 Å². The third kappa shape index (κ3) is 6.81. The largest absolute Gasteiger partial charge is 0.416 e. The topological polar surface area (TPSA) is 140 Å². The zero-order valence-corrected chi connectivity index (χ0v) is 19.6. The standard InChI is InChI=1S/C24H23F3N8O2/c1-3-16(33-22-20(19(36)4-2)21(28)31-13-32-22)6-5-9-30-23(37)34-17-12-15(24(25,26)27)7-8-18(17)35-11-10-29-14-35/h3-8,10-14H,2,9H2,1H3,(H2,30,34,37)(H3,28,31,32,33)/b6-5-,16-3+. The molecule has 37 heavy (non-hydrogen) atoms. The molecule has 10 nitrogen and oxygen atoms in total. The number of ketones is 1. The average molecular weight is 512 g/mol. The molecule has 0 bridgehead atoms. The molecule has 0 spiro atoms. The number of carbonyl (C=O) groups is 2. The molecule has 0 atom stereocenters. The van der Waals surface area contributed by atoms with Gasteiger partial charge in [0.25, 0.3) is 0 Å². The maximum Gasteiger partial charge on any atom is 0.416 e. The van der Waals surface area contributed by atoms with E-state index in [0.717, 1.165) is 18.2 Å². The molecule has 0 unspecified atom stereocenters. The monoisotopic (exact) mass is 512 g/mol. The molecule has 0 aliphatic rings. The first-order chi connectivity index (χ1) is 17.6. The molecule has 0 radical (unpaired) electrons. The smallest absolute Gasteiger partial charge is 0.383 e. The lowest BCUT2D eigenvalue weighted by Gasteiger charge is -2.15. The van der Waals surface area contributed by atoms with E-state index in [2.05, 4.69) is 37.5 Å². The number of allylic oxidation sites excluding steroid dienone is 3. The number of alkyl halides is 3. The van der Waals surface area contributed by atoms with Gasteiger partial charge in [-0.3, -0.25) is 4.79 Å². The van der Waals surface area contributed by atoms with E-state index in [9.17, 15) is 22.8 Å². The van der Waals surface area contributed by atoms with Crippen molar-refractivity contribution in [3.63, 3.8) is 0 Å². The summed E-state index contributed by atoms with van der Waals surface area (Å²) < 4.78 is 41.1. The summed E-state index contributed by atoms with van der Waals surface area (Å²) in [6.07, 6.45) is 7.01. The van der Waals surface area contributed by atoms with Gasteiger partial charge in [-0.05, 0) is 37.3 Å². The summed E-state index contributed by atoms with van der Waals surface area (Å²) >= 11 is 0. The first-order valence-corrected chi connectivity index (χ1v) is 10.8. The van der Waals surface area contributed by atoms with E-state index in [1.807, 2.05) is 0 Å². The number of nitrogens with one attached hydrogen (secondary N) is 3. The number of halogens is 3. The lowest BCUT2D eigenvalue weighted by atomic mass is 10.1. The van der Waals surface area contributed by atoms with Gasteiger partial charge in [-0.15, -0.1) is 0 Å². The molecular weight excluding hydrogens is 489 g/mol. The van der Waals surface area contributed by atoms with Crippen molar-refractivity contribution < 1.29 is 22.8 Å². The van der Waals surface area contributed by atoms with Crippen molar-refractivity contribution in [3.05, 3.63) is 91.0 Å². The molecule has 5 N–H and O–H groups in total. The summed E-state index contributed by atoms with van der Waals surface area (Å²) in [5.41, 5.74) is 5.74. The fourth-order valence-corrected chi connectivity index (χ4v) is 3.13. The number of rotatable bonds is 9. The summed E-state index contributed by atoms with van der Waals surface area (Å²) in [6, 6.07) is 2.30. The zero-order valence-electron chi connectivity index (χ0n) is 19.6. The third-order valence-electron chi connectivity index (χ3n) is 4.91.